The smallest absolute Gasteiger partial charge is 0.152 e. The van der Waals surface area contributed by atoms with Gasteiger partial charge >= 0.3 is 0 Å². The number of rotatable bonds is 3. The highest BCUT2D eigenvalue weighted by Gasteiger charge is 2.20. The van der Waals surface area contributed by atoms with Gasteiger partial charge in [0.05, 0.1) is 6.54 Å². The summed E-state index contributed by atoms with van der Waals surface area (Å²) in [7, 11) is 0. The number of nitrogens with two attached hydrogens (primary N) is 1. The minimum atomic E-state index is 0.112. The van der Waals surface area contributed by atoms with Gasteiger partial charge < -0.3 is 15.2 Å². The molecule has 2 N–H and O–H groups in total. The quantitative estimate of drug-likeness (QED) is 0.937. The van der Waals surface area contributed by atoms with Gasteiger partial charge in [0.15, 0.2) is 5.82 Å². The predicted octanol–water partition coefficient (Wildman–Crippen LogP) is 1.84. The molecule has 3 rings (SSSR count). The molecule has 0 saturated carbocycles. The summed E-state index contributed by atoms with van der Waals surface area (Å²) in [6, 6.07) is 6.13. The second-order valence-corrected chi connectivity index (χ2v) is 5.75. The molecule has 0 saturated heterocycles. The van der Waals surface area contributed by atoms with Crippen molar-refractivity contribution < 1.29 is 0 Å². The Morgan fingerprint density at radius 2 is 2.25 bits per heavy atom. The molecule has 1 atom stereocenters. The Labute approximate surface area is 123 Å². The van der Waals surface area contributed by atoms with Crippen LogP contribution in [0.4, 0.5) is 5.69 Å². The van der Waals surface area contributed by atoms with Crippen molar-refractivity contribution in [2.45, 2.75) is 32.5 Å². The number of hydrogen-bond donors (Lipinski definition) is 1. The van der Waals surface area contributed by atoms with E-state index in [2.05, 4.69) is 25.7 Å². The van der Waals surface area contributed by atoms with E-state index in [4.69, 9.17) is 17.3 Å². The Balaban J connectivity index is 1.90. The summed E-state index contributed by atoms with van der Waals surface area (Å²) < 4.78 is 2.09. The van der Waals surface area contributed by atoms with Gasteiger partial charge in [-0.15, -0.1) is 10.2 Å². The van der Waals surface area contributed by atoms with E-state index in [1.807, 2.05) is 19.1 Å². The van der Waals surface area contributed by atoms with Crippen LogP contribution < -0.4 is 10.6 Å². The molecule has 1 aliphatic heterocycles. The first kappa shape index (κ1) is 13.4. The fourth-order valence-electron chi connectivity index (χ4n) is 2.64. The second kappa shape index (κ2) is 5.42. The Morgan fingerprint density at radius 3 is 3.05 bits per heavy atom. The lowest BCUT2D eigenvalue weighted by molar-refractivity contribution is 0.558. The molecule has 0 aliphatic carbocycles. The van der Waals surface area contributed by atoms with E-state index in [0.717, 1.165) is 36.9 Å². The molecule has 0 amide bonds. The monoisotopic (exact) mass is 291 g/mol. The molecule has 2 aromatic rings. The van der Waals surface area contributed by atoms with Gasteiger partial charge in [-0.05, 0) is 37.1 Å². The van der Waals surface area contributed by atoms with Crippen molar-refractivity contribution in [3.63, 3.8) is 0 Å². The maximum atomic E-state index is 6.12. The van der Waals surface area contributed by atoms with Crippen LogP contribution in [0.2, 0.25) is 5.02 Å². The first-order chi connectivity index (χ1) is 9.63. The lowest BCUT2D eigenvalue weighted by atomic mass is 10.0. The Kier molecular flexibility index (Phi) is 3.63. The first-order valence-electron chi connectivity index (χ1n) is 6.79. The number of hydrogen-bond acceptors (Lipinski definition) is 4. The van der Waals surface area contributed by atoms with Crippen LogP contribution in [-0.2, 0) is 19.5 Å². The van der Waals surface area contributed by atoms with Crippen LogP contribution in [0.1, 0.15) is 18.3 Å². The van der Waals surface area contributed by atoms with E-state index in [1.165, 1.54) is 11.3 Å². The average molecular weight is 292 g/mol. The fourth-order valence-corrected chi connectivity index (χ4v) is 2.84. The summed E-state index contributed by atoms with van der Waals surface area (Å²) in [5, 5.41) is 8.88. The van der Waals surface area contributed by atoms with Gasteiger partial charge in [-0.1, -0.05) is 11.6 Å². The summed E-state index contributed by atoms with van der Waals surface area (Å²) in [4.78, 5) is 2.32. The van der Waals surface area contributed by atoms with Crippen molar-refractivity contribution in [3.05, 3.63) is 40.9 Å². The zero-order valence-corrected chi connectivity index (χ0v) is 12.2. The van der Waals surface area contributed by atoms with E-state index in [1.54, 1.807) is 6.33 Å². The highest BCUT2D eigenvalue weighted by Crippen LogP contribution is 2.28. The first-order valence-corrected chi connectivity index (χ1v) is 7.17. The van der Waals surface area contributed by atoms with Gasteiger partial charge in [-0.2, -0.15) is 0 Å². The molecular formula is C14H18ClN5. The summed E-state index contributed by atoms with van der Waals surface area (Å²) in [6.07, 6.45) is 2.61. The topological polar surface area (TPSA) is 60.0 Å². The van der Waals surface area contributed by atoms with Crippen LogP contribution >= 0.6 is 11.6 Å². The Hall–Kier alpha value is -1.59. The molecule has 106 valence electrons. The fraction of sp³-hybridized carbons (Fsp3) is 0.429. The number of nitrogens with zero attached hydrogens (tertiary/aromatic N) is 4. The molecule has 1 aromatic carbocycles. The summed E-state index contributed by atoms with van der Waals surface area (Å²) >= 11 is 6.12. The molecule has 5 nitrogen and oxygen atoms in total. The lowest BCUT2D eigenvalue weighted by Gasteiger charge is -2.31. The van der Waals surface area contributed by atoms with Crippen molar-refractivity contribution in [2.75, 3.05) is 11.4 Å². The van der Waals surface area contributed by atoms with Crippen molar-refractivity contribution in [3.8, 4) is 0 Å². The van der Waals surface area contributed by atoms with Crippen molar-refractivity contribution in [1.29, 1.82) is 0 Å². The zero-order chi connectivity index (χ0) is 14.1. The van der Waals surface area contributed by atoms with Crippen LogP contribution in [-0.4, -0.2) is 27.4 Å². The van der Waals surface area contributed by atoms with Crippen molar-refractivity contribution >= 4 is 17.3 Å². The maximum Gasteiger partial charge on any atom is 0.152 e. The molecule has 0 bridgehead atoms. The number of aromatic nitrogens is 3. The molecular weight excluding hydrogens is 274 g/mol. The van der Waals surface area contributed by atoms with Crippen molar-refractivity contribution in [1.82, 2.24) is 14.8 Å². The highest BCUT2D eigenvalue weighted by molar-refractivity contribution is 6.30. The van der Waals surface area contributed by atoms with Gasteiger partial charge in [0.1, 0.15) is 6.33 Å². The van der Waals surface area contributed by atoms with E-state index < -0.39 is 0 Å². The molecule has 0 fully saturated rings. The average Bonchev–Trinajstić information content (AvgIpc) is 2.85. The largest absolute Gasteiger partial charge is 0.362 e. The molecule has 0 spiro atoms. The molecule has 20 heavy (non-hydrogen) atoms. The van der Waals surface area contributed by atoms with Crippen LogP contribution in [0.15, 0.2) is 24.5 Å². The third-order valence-electron chi connectivity index (χ3n) is 3.56. The van der Waals surface area contributed by atoms with Gasteiger partial charge in [-0.25, -0.2) is 0 Å². The van der Waals surface area contributed by atoms with Crippen LogP contribution in [0.25, 0.3) is 0 Å². The van der Waals surface area contributed by atoms with E-state index >= 15 is 0 Å². The maximum absolute atomic E-state index is 6.12. The predicted molar refractivity (Wildman–Crippen MR) is 79.9 cm³/mol. The zero-order valence-electron chi connectivity index (χ0n) is 11.5. The normalized spacial score (nSPS) is 16.1. The van der Waals surface area contributed by atoms with Gasteiger partial charge in [-0.3, -0.25) is 0 Å². The molecule has 1 unspecified atom stereocenters. The molecule has 0 radical (unpaired) electrons. The van der Waals surface area contributed by atoms with Crippen LogP contribution in [0.5, 0.6) is 0 Å². The van der Waals surface area contributed by atoms with Gasteiger partial charge in [0.2, 0.25) is 0 Å². The molecule has 1 aliphatic rings. The number of halogens is 1. The molecule has 2 heterocycles. The SMILES string of the molecule is CC(N)Cc1cc(Cl)ccc1N1CCn2cnnc2C1. The number of fused-ring (bicyclic) bond motifs is 1. The van der Waals surface area contributed by atoms with E-state index in [0.29, 0.717) is 0 Å². The minimum Gasteiger partial charge on any atom is -0.362 e. The molecule has 1 aromatic heterocycles. The van der Waals surface area contributed by atoms with E-state index in [-0.39, 0.29) is 6.04 Å². The van der Waals surface area contributed by atoms with Crippen molar-refractivity contribution in [2.24, 2.45) is 5.73 Å². The minimum absolute atomic E-state index is 0.112. The number of benzene rings is 1. The Morgan fingerprint density at radius 1 is 1.40 bits per heavy atom. The summed E-state index contributed by atoms with van der Waals surface area (Å²) in [5.41, 5.74) is 8.34. The third-order valence-corrected chi connectivity index (χ3v) is 3.80. The van der Waals surface area contributed by atoms with Crippen LogP contribution in [0.3, 0.4) is 0 Å². The summed E-state index contributed by atoms with van der Waals surface area (Å²) in [6.45, 7) is 4.63. The Bertz CT molecular complexity index is 607. The van der Waals surface area contributed by atoms with Crippen LogP contribution in [0, 0.1) is 0 Å². The van der Waals surface area contributed by atoms with E-state index in [9.17, 15) is 0 Å². The lowest BCUT2D eigenvalue weighted by Crippen LogP contribution is -2.34. The second-order valence-electron chi connectivity index (χ2n) is 5.32. The highest BCUT2D eigenvalue weighted by atomic mass is 35.5. The number of anilines is 1. The van der Waals surface area contributed by atoms with Gasteiger partial charge in [0.25, 0.3) is 0 Å². The van der Waals surface area contributed by atoms with Gasteiger partial charge in [0, 0.05) is 29.8 Å². The summed E-state index contributed by atoms with van der Waals surface area (Å²) in [5.74, 6) is 0.998. The standard InChI is InChI=1S/C14H18ClN5/c1-10(16)6-11-7-12(15)2-3-13(11)19-4-5-20-9-17-18-14(20)8-19/h2-3,7,9-10H,4-6,8,16H2,1H3. The molecule has 6 heteroatoms. The third kappa shape index (κ3) is 2.64.